The lowest BCUT2D eigenvalue weighted by molar-refractivity contribution is 0.571. The highest BCUT2D eigenvalue weighted by atomic mass is 15.2. The van der Waals surface area contributed by atoms with E-state index in [1.165, 1.54) is 33.6 Å². The zero-order valence-electron chi connectivity index (χ0n) is 16.9. The summed E-state index contributed by atoms with van der Waals surface area (Å²) in [7, 11) is 0. The first kappa shape index (κ1) is 18.3. The quantitative estimate of drug-likeness (QED) is 0.471. The Labute approximate surface area is 168 Å². The van der Waals surface area contributed by atoms with Crippen LogP contribution in [0.2, 0.25) is 0 Å². The SMILES string of the molecule is Cc1ccc(N(c2ccc(C)cc2)C2(C)C=CC(c3ccccc3)=CC2)cc1. The molecule has 28 heavy (non-hydrogen) atoms. The minimum atomic E-state index is -0.122. The number of hydrogen-bond acceptors (Lipinski definition) is 1. The van der Waals surface area contributed by atoms with Crippen LogP contribution < -0.4 is 4.90 Å². The molecular formula is C27H27N. The van der Waals surface area contributed by atoms with Crippen molar-refractivity contribution in [3.63, 3.8) is 0 Å². The zero-order valence-corrected chi connectivity index (χ0v) is 16.9. The molecule has 140 valence electrons. The third-order valence-corrected chi connectivity index (χ3v) is 5.56. The van der Waals surface area contributed by atoms with E-state index in [9.17, 15) is 0 Å². The van der Waals surface area contributed by atoms with Crippen LogP contribution in [0, 0.1) is 13.8 Å². The summed E-state index contributed by atoms with van der Waals surface area (Å²) in [4.78, 5) is 2.46. The summed E-state index contributed by atoms with van der Waals surface area (Å²) < 4.78 is 0. The van der Waals surface area contributed by atoms with Crippen LogP contribution in [0.25, 0.3) is 5.57 Å². The van der Waals surface area contributed by atoms with Gasteiger partial charge in [-0.2, -0.15) is 0 Å². The number of nitrogens with zero attached hydrogens (tertiary/aromatic N) is 1. The van der Waals surface area contributed by atoms with Gasteiger partial charge in [0.05, 0.1) is 5.54 Å². The van der Waals surface area contributed by atoms with Crippen molar-refractivity contribution in [2.24, 2.45) is 0 Å². The first-order valence-electron chi connectivity index (χ1n) is 9.94. The van der Waals surface area contributed by atoms with Crippen molar-refractivity contribution in [1.82, 2.24) is 0 Å². The van der Waals surface area contributed by atoms with E-state index in [1.807, 2.05) is 0 Å². The molecule has 0 saturated heterocycles. The van der Waals surface area contributed by atoms with Crippen molar-refractivity contribution in [3.05, 3.63) is 114 Å². The van der Waals surface area contributed by atoms with Crippen LogP contribution in [0.5, 0.6) is 0 Å². The summed E-state index contributed by atoms with van der Waals surface area (Å²) in [5.41, 5.74) is 7.45. The van der Waals surface area contributed by atoms with Crippen molar-refractivity contribution in [2.45, 2.75) is 32.7 Å². The number of hydrogen-bond donors (Lipinski definition) is 0. The number of aryl methyl sites for hydroxylation is 2. The maximum Gasteiger partial charge on any atom is 0.0643 e. The molecule has 0 N–H and O–H groups in total. The largest absolute Gasteiger partial charge is 0.332 e. The van der Waals surface area contributed by atoms with E-state index in [0.29, 0.717) is 0 Å². The molecule has 3 aromatic carbocycles. The number of rotatable bonds is 4. The molecule has 0 heterocycles. The fourth-order valence-corrected chi connectivity index (χ4v) is 3.86. The van der Waals surface area contributed by atoms with Gasteiger partial charge in [0, 0.05) is 11.4 Å². The Morgan fingerprint density at radius 2 is 1.25 bits per heavy atom. The van der Waals surface area contributed by atoms with Gasteiger partial charge in [-0.05, 0) is 62.6 Å². The Morgan fingerprint density at radius 1 is 0.714 bits per heavy atom. The Balaban J connectivity index is 1.72. The Morgan fingerprint density at radius 3 is 1.71 bits per heavy atom. The lowest BCUT2D eigenvalue weighted by Crippen LogP contribution is -2.42. The van der Waals surface area contributed by atoms with E-state index in [0.717, 1.165) is 6.42 Å². The van der Waals surface area contributed by atoms with Gasteiger partial charge in [-0.3, -0.25) is 0 Å². The average Bonchev–Trinajstić information content (AvgIpc) is 2.72. The van der Waals surface area contributed by atoms with Crippen molar-refractivity contribution in [2.75, 3.05) is 4.90 Å². The molecule has 0 aliphatic heterocycles. The van der Waals surface area contributed by atoms with E-state index in [2.05, 4.69) is 123 Å². The lowest BCUT2D eigenvalue weighted by atomic mass is 9.85. The summed E-state index contributed by atoms with van der Waals surface area (Å²) >= 11 is 0. The van der Waals surface area contributed by atoms with E-state index < -0.39 is 0 Å². The first-order chi connectivity index (χ1) is 13.5. The van der Waals surface area contributed by atoms with Crippen LogP contribution in [0.3, 0.4) is 0 Å². The smallest absolute Gasteiger partial charge is 0.0643 e. The summed E-state index contributed by atoms with van der Waals surface area (Å²) in [5.74, 6) is 0. The number of allylic oxidation sites excluding steroid dienone is 2. The third-order valence-electron chi connectivity index (χ3n) is 5.56. The topological polar surface area (TPSA) is 3.24 Å². The predicted molar refractivity (Wildman–Crippen MR) is 121 cm³/mol. The van der Waals surface area contributed by atoms with Gasteiger partial charge in [0.1, 0.15) is 0 Å². The molecular weight excluding hydrogens is 338 g/mol. The van der Waals surface area contributed by atoms with Crippen molar-refractivity contribution >= 4 is 16.9 Å². The van der Waals surface area contributed by atoms with Gasteiger partial charge in [0.2, 0.25) is 0 Å². The minimum absolute atomic E-state index is 0.122. The molecule has 1 atom stereocenters. The van der Waals surface area contributed by atoms with Crippen LogP contribution in [-0.2, 0) is 0 Å². The lowest BCUT2D eigenvalue weighted by Gasteiger charge is -2.42. The highest BCUT2D eigenvalue weighted by molar-refractivity contribution is 5.77. The highest BCUT2D eigenvalue weighted by Crippen LogP contribution is 2.39. The Bertz CT molecular complexity index is 949. The molecule has 0 saturated carbocycles. The molecule has 1 unspecified atom stereocenters. The maximum atomic E-state index is 2.46. The van der Waals surface area contributed by atoms with Crippen LogP contribution in [-0.4, -0.2) is 5.54 Å². The minimum Gasteiger partial charge on any atom is -0.332 e. The average molecular weight is 366 g/mol. The van der Waals surface area contributed by atoms with Gasteiger partial charge in [0.15, 0.2) is 0 Å². The normalized spacial score (nSPS) is 18.6. The van der Waals surface area contributed by atoms with Crippen molar-refractivity contribution in [1.29, 1.82) is 0 Å². The van der Waals surface area contributed by atoms with E-state index in [-0.39, 0.29) is 5.54 Å². The second-order valence-corrected chi connectivity index (χ2v) is 7.93. The summed E-state index contributed by atoms with van der Waals surface area (Å²) in [6, 6.07) is 28.3. The van der Waals surface area contributed by atoms with Gasteiger partial charge >= 0.3 is 0 Å². The molecule has 1 aliphatic carbocycles. The molecule has 4 rings (SSSR count). The Hall–Kier alpha value is -3.06. The zero-order chi connectivity index (χ0) is 19.6. The predicted octanol–water partition coefficient (Wildman–Crippen LogP) is 7.24. The molecule has 1 aliphatic rings. The number of anilines is 2. The van der Waals surface area contributed by atoms with Crippen LogP contribution in [0.1, 0.15) is 30.0 Å². The molecule has 0 fully saturated rings. The second kappa shape index (κ2) is 7.52. The third kappa shape index (κ3) is 3.66. The molecule has 1 heteroatoms. The fourth-order valence-electron chi connectivity index (χ4n) is 3.86. The molecule has 0 aromatic heterocycles. The van der Waals surface area contributed by atoms with E-state index >= 15 is 0 Å². The first-order valence-corrected chi connectivity index (χ1v) is 9.94. The molecule has 0 amide bonds. The molecule has 3 aromatic rings. The number of benzene rings is 3. The monoisotopic (exact) mass is 365 g/mol. The van der Waals surface area contributed by atoms with Gasteiger partial charge in [-0.25, -0.2) is 0 Å². The summed E-state index contributed by atoms with van der Waals surface area (Å²) in [6.45, 7) is 6.59. The van der Waals surface area contributed by atoms with Crippen molar-refractivity contribution in [3.8, 4) is 0 Å². The van der Waals surface area contributed by atoms with Gasteiger partial charge in [0.25, 0.3) is 0 Å². The summed E-state index contributed by atoms with van der Waals surface area (Å²) in [6.07, 6.45) is 7.95. The van der Waals surface area contributed by atoms with Crippen LogP contribution in [0.4, 0.5) is 11.4 Å². The molecule has 1 nitrogen and oxygen atoms in total. The molecule has 0 bridgehead atoms. The Kier molecular flexibility index (Phi) is 4.92. The highest BCUT2D eigenvalue weighted by Gasteiger charge is 2.32. The second-order valence-electron chi connectivity index (χ2n) is 7.93. The maximum absolute atomic E-state index is 2.46. The standard InChI is InChI=1S/C27H27N/c1-21-9-13-25(14-10-21)28(26-15-11-22(2)12-16-26)27(3)19-17-24(18-20-27)23-7-5-4-6-8-23/h4-19H,20H2,1-3H3. The van der Waals surface area contributed by atoms with Crippen LogP contribution >= 0.6 is 0 Å². The van der Waals surface area contributed by atoms with Gasteiger partial charge < -0.3 is 4.90 Å². The van der Waals surface area contributed by atoms with Crippen LogP contribution in [0.15, 0.2) is 97.1 Å². The van der Waals surface area contributed by atoms with Gasteiger partial charge in [-0.1, -0.05) is 84.0 Å². The van der Waals surface area contributed by atoms with Gasteiger partial charge in [-0.15, -0.1) is 0 Å². The molecule has 0 spiro atoms. The van der Waals surface area contributed by atoms with E-state index in [1.54, 1.807) is 0 Å². The van der Waals surface area contributed by atoms with E-state index in [4.69, 9.17) is 0 Å². The van der Waals surface area contributed by atoms with Crippen molar-refractivity contribution < 1.29 is 0 Å². The summed E-state index contributed by atoms with van der Waals surface area (Å²) in [5, 5.41) is 0. The molecule has 0 radical (unpaired) electrons. The fraction of sp³-hybridized carbons (Fsp3) is 0.185.